The average Bonchev–Trinajstić information content (AvgIpc) is 3.34. The fourth-order valence-electron chi connectivity index (χ4n) is 5.81. The lowest BCUT2D eigenvalue weighted by molar-refractivity contribution is 0.224. The third-order valence-electron chi connectivity index (χ3n) is 7.80. The summed E-state index contributed by atoms with van der Waals surface area (Å²) in [6, 6.07) is 0.797. The average molecular weight is 475 g/mol. The van der Waals surface area contributed by atoms with E-state index in [9.17, 15) is 0 Å². The number of aliphatic imine (C=N–C) groups is 2. The Morgan fingerprint density at radius 3 is 2.03 bits per heavy atom. The molecule has 0 aromatic rings. The SMILES string of the molecule is COC(=NC1CCC(CC2CCC(N=C(OC)C3=CC=CC=CC3)CC2)CC1)C1=CCC=CC=C1. The second kappa shape index (κ2) is 13.5. The smallest absolute Gasteiger partial charge is 0.215 e. The molecule has 4 aliphatic carbocycles. The molecule has 0 saturated heterocycles. The van der Waals surface area contributed by atoms with Crippen molar-refractivity contribution < 1.29 is 9.47 Å². The molecular formula is C31H42N2O2. The van der Waals surface area contributed by atoms with Crippen LogP contribution in [0.15, 0.2) is 81.9 Å². The molecule has 0 radical (unpaired) electrons. The van der Waals surface area contributed by atoms with Gasteiger partial charge < -0.3 is 9.47 Å². The maximum absolute atomic E-state index is 5.67. The fraction of sp³-hybridized carbons (Fsp3) is 0.548. The van der Waals surface area contributed by atoms with Crippen LogP contribution in [0.5, 0.6) is 0 Å². The standard InChI is InChI=1S/C31H42N2O2/c1-34-30(26-11-7-3-4-8-12-26)32-28-19-15-24(16-20-28)23-25-17-21-29(22-18-25)33-31(35-2)27-13-9-5-6-10-14-27/h3-9,11,13-14,24-25,28-29H,10,12,15-23H2,1-2H3. The number of allylic oxidation sites excluding steroid dienone is 9. The molecule has 0 aliphatic heterocycles. The van der Waals surface area contributed by atoms with Crippen molar-refractivity contribution in [2.24, 2.45) is 21.8 Å². The van der Waals surface area contributed by atoms with Crippen molar-refractivity contribution in [2.45, 2.75) is 82.7 Å². The van der Waals surface area contributed by atoms with Crippen LogP contribution in [0, 0.1) is 11.8 Å². The van der Waals surface area contributed by atoms with Crippen molar-refractivity contribution in [2.75, 3.05) is 14.2 Å². The van der Waals surface area contributed by atoms with E-state index in [4.69, 9.17) is 19.5 Å². The van der Waals surface area contributed by atoms with E-state index in [1.807, 2.05) is 0 Å². The van der Waals surface area contributed by atoms with Crippen molar-refractivity contribution in [3.05, 3.63) is 71.9 Å². The van der Waals surface area contributed by atoms with E-state index in [2.05, 4.69) is 60.8 Å². The first-order valence-corrected chi connectivity index (χ1v) is 13.5. The van der Waals surface area contributed by atoms with Crippen molar-refractivity contribution in [3.8, 4) is 0 Å². The van der Waals surface area contributed by atoms with Crippen LogP contribution in [0.2, 0.25) is 0 Å². The number of hydrogen-bond donors (Lipinski definition) is 0. The molecule has 4 heteroatoms. The highest BCUT2D eigenvalue weighted by atomic mass is 16.5. The molecule has 0 bridgehead atoms. The largest absolute Gasteiger partial charge is 0.481 e. The molecule has 0 heterocycles. The first-order valence-electron chi connectivity index (χ1n) is 13.5. The van der Waals surface area contributed by atoms with E-state index in [0.717, 1.165) is 42.0 Å². The van der Waals surface area contributed by atoms with E-state index < -0.39 is 0 Å². The summed E-state index contributed by atoms with van der Waals surface area (Å²) >= 11 is 0. The first kappa shape index (κ1) is 25.5. The fourth-order valence-corrected chi connectivity index (χ4v) is 5.81. The minimum atomic E-state index is 0.396. The Kier molecular flexibility index (Phi) is 9.80. The lowest BCUT2D eigenvalue weighted by atomic mass is 9.76. The predicted octanol–water partition coefficient (Wildman–Crippen LogP) is 7.47. The summed E-state index contributed by atoms with van der Waals surface area (Å²) in [5.41, 5.74) is 2.29. The Balaban J connectivity index is 1.22. The van der Waals surface area contributed by atoms with Gasteiger partial charge in [0.15, 0.2) is 0 Å². The van der Waals surface area contributed by atoms with Gasteiger partial charge in [-0.1, -0.05) is 54.7 Å². The van der Waals surface area contributed by atoms with Gasteiger partial charge in [0.05, 0.1) is 26.3 Å². The predicted molar refractivity (Wildman–Crippen MR) is 147 cm³/mol. The normalized spacial score (nSPS) is 29.8. The molecular weight excluding hydrogens is 432 g/mol. The zero-order valence-corrected chi connectivity index (χ0v) is 21.6. The molecule has 0 aromatic heterocycles. The van der Waals surface area contributed by atoms with Gasteiger partial charge in [-0.2, -0.15) is 0 Å². The summed E-state index contributed by atoms with van der Waals surface area (Å²) < 4.78 is 11.3. The molecule has 0 N–H and O–H groups in total. The summed E-state index contributed by atoms with van der Waals surface area (Å²) in [7, 11) is 3.50. The first-order chi connectivity index (χ1) is 17.2. The van der Waals surface area contributed by atoms with Crippen LogP contribution in [0.3, 0.4) is 0 Å². The van der Waals surface area contributed by atoms with Gasteiger partial charge in [-0.05, 0) is 88.5 Å². The summed E-state index contributed by atoms with van der Waals surface area (Å²) in [5, 5.41) is 0. The van der Waals surface area contributed by atoms with Gasteiger partial charge in [-0.25, -0.2) is 9.98 Å². The zero-order valence-electron chi connectivity index (χ0n) is 21.6. The minimum absolute atomic E-state index is 0.396. The number of rotatable bonds is 6. The van der Waals surface area contributed by atoms with Gasteiger partial charge in [-0.3, -0.25) is 0 Å². The molecule has 188 valence electrons. The summed E-state index contributed by atoms with van der Waals surface area (Å²) in [4.78, 5) is 10.0. The quantitative estimate of drug-likeness (QED) is 0.296. The van der Waals surface area contributed by atoms with Crippen molar-refractivity contribution >= 4 is 11.8 Å². The third-order valence-corrected chi connectivity index (χ3v) is 7.80. The lowest BCUT2D eigenvalue weighted by Gasteiger charge is -2.32. The molecule has 0 atom stereocenters. The highest BCUT2D eigenvalue weighted by Gasteiger charge is 2.27. The topological polar surface area (TPSA) is 43.2 Å². The number of methoxy groups -OCH3 is 2. The summed E-state index contributed by atoms with van der Waals surface area (Å²) in [5.74, 6) is 3.33. The Labute approximate surface area is 212 Å². The van der Waals surface area contributed by atoms with Crippen molar-refractivity contribution in [3.63, 3.8) is 0 Å². The van der Waals surface area contributed by atoms with Crippen LogP contribution < -0.4 is 0 Å². The Bertz CT molecular complexity index is 931. The number of ether oxygens (including phenoxy) is 2. The highest BCUT2D eigenvalue weighted by molar-refractivity contribution is 5.96. The maximum atomic E-state index is 5.67. The van der Waals surface area contributed by atoms with Gasteiger partial charge in [0.1, 0.15) is 0 Å². The Morgan fingerprint density at radius 2 is 1.37 bits per heavy atom. The molecule has 4 nitrogen and oxygen atoms in total. The highest BCUT2D eigenvalue weighted by Crippen LogP contribution is 2.37. The molecule has 0 aromatic carbocycles. The molecule has 0 unspecified atom stereocenters. The van der Waals surface area contributed by atoms with Crippen LogP contribution in [0.4, 0.5) is 0 Å². The van der Waals surface area contributed by atoms with E-state index in [-0.39, 0.29) is 0 Å². The number of hydrogen-bond acceptors (Lipinski definition) is 4. The maximum Gasteiger partial charge on any atom is 0.215 e. The second-order valence-electron chi connectivity index (χ2n) is 10.3. The Morgan fingerprint density at radius 1 is 0.743 bits per heavy atom. The third kappa shape index (κ3) is 7.68. The second-order valence-corrected chi connectivity index (χ2v) is 10.3. The van der Waals surface area contributed by atoms with E-state index in [0.29, 0.717) is 12.1 Å². The Hall–Kier alpha value is -2.62. The van der Waals surface area contributed by atoms with Crippen LogP contribution in [0.1, 0.15) is 70.6 Å². The minimum Gasteiger partial charge on any atom is -0.481 e. The van der Waals surface area contributed by atoms with Crippen LogP contribution in [-0.4, -0.2) is 38.1 Å². The molecule has 4 aliphatic rings. The number of nitrogens with zero attached hydrogens (tertiary/aromatic N) is 2. The van der Waals surface area contributed by atoms with Gasteiger partial charge in [-0.15, -0.1) is 0 Å². The molecule has 0 amide bonds. The lowest BCUT2D eigenvalue weighted by Crippen LogP contribution is -2.24. The van der Waals surface area contributed by atoms with E-state index >= 15 is 0 Å². The molecule has 2 fully saturated rings. The van der Waals surface area contributed by atoms with Gasteiger partial charge in [0.2, 0.25) is 11.8 Å². The molecule has 35 heavy (non-hydrogen) atoms. The van der Waals surface area contributed by atoms with Crippen molar-refractivity contribution in [1.29, 1.82) is 0 Å². The van der Waals surface area contributed by atoms with Crippen molar-refractivity contribution in [1.82, 2.24) is 0 Å². The van der Waals surface area contributed by atoms with Crippen LogP contribution in [0.25, 0.3) is 0 Å². The van der Waals surface area contributed by atoms with Crippen LogP contribution in [-0.2, 0) is 9.47 Å². The summed E-state index contributed by atoms with van der Waals surface area (Å²) in [6.07, 6.45) is 34.3. The molecule has 0 spiro atoms. The van der Waals surface area contributed by atoms with Gasteiger partial charge in [0.25, 0.3) is 0 Å². The van der Waals surface area contributed by atoms with Crippen LogP contribution >= 0.6 is 0 Å². The van der Waals surface area contributed by atoms with Gasteiger partial charge >= 0.3 is 0 Å². The molecule has 2 saturated carbocycles. The van der Waals surface area contributed by atoms with E-state index in [1.54, 1.807) is 14.2 Å². The molecule has 4 rings (SSSR count). The zero-order chi connectivity index (χ0) is 24.3. The van der Waals surface area contributed by atoms with Gasteiger partial charge in [0, 0.05) is 11.1 Å². The summed E-state index contributed by atoms with van der Waals surface area (Å²) in [6.45, 7) is 0. The van der Waals surface area contributed by atoms with E-state index in [1.165, 1.54) is 63.4 Å². The monoisotopic (exact) mass is 474 g/mol.